The molecular weight excluding hydrogens is 321 g/mol. The molecule has 0 atom stereocenters. The molecular formula is C16H20FNO4S. The summed E-state index contributed by atoms with van der Waals surface area (Å²) in [7, 11) is -1.79. The first-order valence-electron chi connectivity index (χ1n) is 7.09. The first-order chi connectivity index (χ1) is 10.9. The molecule has 126 valence electrons. The Hall–Kier alpha value is -1.80. The summed E-state index contributed by atoms with van der Waals surface area (Å²) in [5.74, 6) is -0.518. The summed E-state index contributed by atoms with van der Waals surface area (Å²) < 4.78 is 42.0. The number of halogens is 1. The van der Waals surface area contributed by atoms with Crippen molar-refractivity contribution in [2.75, 3.05) is 13.7 Å². The highest BCUT2D eigenvalue weighted by Gasteiger charge is 2.20. The maximum absolute atomic E-state index is 14.1. The van der Waals surface area contributed by atoms with Crippen molar-refractivity contribution in [2.24, 2.45) is 0 Å². The summed E-state index contributed by atoms with van der Waals surface area (Å²) >= 11 is 0. The van der Waals surface area contributed by atoms with Crippen LogP contribution in [0.5, 0.6) is 11.5 Å². The number of rotatable bonds is 6. The highest BCUT2D eigenvalue weighted by Crippen LogP contribution is 2.47. The predicted octanol–water partition coefficient (Wildman–Crippen LogP) is 4.23. The van der Waals surface area contributed by atoms with Crippen LogP contribution in [0.1, 0.15) is 13.3 Å². The third kappa shape index (κ3) is 3.76. The zero-order valence-corrected chi connectivity index (χ0v) is 13.7. The molecule has 2 aromatic carbocycles. The van der Waals surface area contributed by atoms with Crippen molar-refractivity contribution in [3.63, 3.8) is 0 Å². The topological polar surface area (TPSA) is 82.0 Å². The smallest absolute Gasteiger partial charge is 0.134 e. The number of hydrogen-bond donors (Lipinski definition) is 4. The molecule has 0 aliphatic rings. The molecule has 0 fully saturated rings. The fourth-order valence-corrected chi connectivity index (χ4v) is 3.35. The zero-order chi connectivity index (χ0) is 17.0. The van der Waals surface area contributed by atoms with E-state index in [9.17, 15) is 18.6 Å². The number of nitrogens with one attached hydrogen (secondary N) is 1. The number of benzene rings is 2. The van der Waals surface area contributed by atoms with Crippen molar-refractivity contribution >= 4 is 10.8 Å². The molecule has 5 nitrogen and oxygen atoms in total. The van der Waals surface area contributed by atoms with E-state index in [2.05, 4.69) is 4.72 Å². The van der Waals surface area contributed by atoms with E-state index in [1.165, 1.54) is 37.4 Å². The molecule has 0 aromatic heterocycles. The minimum Gasteiger partial charge on any atom is -0.507 e. The van der Waals surface area contributed by atoms with Gasteiger partial charge in [0.1, 0.15) is 17.3 Å². The molecule has 0 saturated carbocycles. The van der Waals surface area contributed by atoms with Crippen molar-refractivity contribution in [1.82, 2.24) is 4.72 Å². The van der Waals surface area contributed by atoms with E-state index in [4.69, 9.17) is 4.74 Å². The van der Waals surface area contributed by atoms with Crippen LogP contribution < -0.4 is 9.46 Å². The monoisotopic (exact) mass is 341 g/mol. The molecule has 0 saturated heterocycles. The van der Waals surface area contributed by atoms with Crippen LogP contribution in [-0.4, -0.2) is 27.9 Å². The van der Waals surface area contributed by atoms with E-state index in [1.54, 1.807) is 6.07 Å². The lowest BCUT2D eigenvalue weighted by atomic mass is 10.0. The Bertz CT molecular complexity index is 694. The largest absolute Gasteiger partial charge is 0.507 e. The molecule has 7 heteroatoms. The highest BCUT2D eigenvalue weighted by atomic mass is 32.3. The Kier molecular flexibility index (Phi) is 5.48. The molecule has 0 aliphatic heterocycles. The Morgan fingerprint density at radius 1 is 1.22 bits per heavy atom. The van der Waals surface area contributed by atoms with Gasteiger partial charge < -0.3 is 9.84 Å². The van der Waals surface area contributed by atoms with E-state index >= 15 is 0 Å². The molecule has 2 aromatic rings. The number of ether oxygens (including phenoxy) is 1. The van der Waals surface area contributed by atoms with Crippen LogP contribution in [0.3, 0.4) is 0 Å². The quantitative estimate of drug-likeness (QED) is 0.632. The van der Waals surface area contributed by atoms with Crippen molar-refractivity contribution in [3.05, 3.63) is 42.2 Å². The van der Waals surface area contributed by atoms with E-state index in [-0.39, 0.29) is 27.5 Å². The normalized spacial score (nSPS) is 12.2. The maximum atomic E-state index is 14.1. The van der Waals surface area contributed by atoms with Gasteiger partial charge in [-0.2, -0.15) is 0 Å². The van der Waals surface area contributed by atoms with E-state index < -0.39 is 16.6 Å². The summed E-state index contributed by atoms with van der Waals surface area (Å²) in [5.41, 5.74) is 0.339. The van der Waals surface area contributed by atoms with Gasteiger partial charge in [-0.25, -0.2) is 9.11 Å². The molecule has 0 bridgehead atoms. The summed E-state index contributed by atoms with van der Waals surface area (Å²) in [5, 5.41) is 10.2. The summed E-state index contributed by atoms with van der Waals surface area (Å²) in [6.07, 6.45) is 0.729. The Labute approximate surface area is 136 Å². The van der Waals surface area contributed by atoms with Gasteiger partial charge in [0.15, 0.2) is 0 Å². The lowest BCUT2D eigenvalue weighted by Crippen LogP contribution is -2.20. The second kappa shape index (κ2) is 7.18. The van der Waals surface area contributed by atoms with Gasteiger partial charge in [0.2, 0.25) is 0 Å². The number of methoxy groups -OCH3 is 1. The molecule has 0 spiro atoms. The highest BCUT2D eigenvalue weighted by molar-refractivity contribution is 8.22. The van der Waals surface area contributed by atoms with E-state index in [0.29, 0.717) is 6.54 Å². The van der Waals surface area contributed by atoms with E-state index in [1.807, 2.05) is 6.92 Å². The lowest BCUT2D eigenvalue weighted by Gasteiger charge is -2.33. The van der Waals surface area contributed by atoms with E-state index in [0.717, 1.165) is 6.42 Å². The lowest BCUT2D eigenvalue weighted by molar-refractivity contribution is 0.412. The zero-order valence-electron chi connectivity index (χ0n) is 12.9. The van der Waals surface area contributed by atoms with Crippen LogP contribution in [0.2, 0.25) is 0 Å². The van der Waals surface area contributed by atoms with Gasteiger partial charge in [0.25, 0.3) is 0 Å². The van der Waals surface area contributed by atoms with Crippen LogP contribution >= 0.6 is 10.8 Å². The summed E-state index contributed by atoms with van der Waals surface area (Å²) in [6.45, 7) is 2.32. The number of aromatic hydroxyl groups is 1. The van der Waals surface area contributed by atoms with Crippen LogP contribution in [0.4, 0.5) is 4.39 Å². The van der Waals surface area contributed by atoms with Gasteiger partial charge in [0, 0.05) is 18.2 Å². The predicted molar refractivity (Wildman–Crippen MR) is 89.5 cm³/mol. The van der Waals surface area contributed by atoms with Gasteiger partial charge in [-0.15, -0.1) is 10.8 Å². The Morgan fingerprint density at radius 3 is 2.57 bits per heavy atom. The van der Waals surface area contributed by atoms with Gasteiger partial charge >= 0.3 is 0 Å². The van der Waals surface area contributed by atoms with Crippen LogP contribution in [0.25, 0.3) is 11.1 Å². The first kappa shape index (κ1) is 17.6. The Balaban J connectivity index is 2.45. The van der Waals surface area contributed by atoms with Gasteiger partial charge in [-0.1, -0.05) is 13.0 Å². The SMILES string of the molecule is CCCNS(O)(O)c1ccc(-c2c(F)cccc2OC)c(O)c1. The van der Waals surface area contributed by atoms with Gasteiger partial charge in [0.05, 0.1) is 17.6 Å². The first-order valence-corrected chi connectivity index (χ1v) is 8.64. The van der Waals surface area contributed by atoms with Crippen molar-refractivity contribution in [2.45, 2.75) is 18.2 Å². The average Bonchev–Trinajstić information content (AvgIpc) is 2.53. The number of phenols is 1. The molecule has 23 heavy (non-hydrogen) atoms. The molecule has 4 N–H and O–H groups in total. The maximum Gasteiger partial charge on any atom is 0.134 e. The fraction of sp³-hybridized carbons (Fsp3) is 0.250. The molecule has 0 aliphatic carbocycles. The third-order valence-corrected chi connectivity index (χ3v) is 4.83. The van der Waals surface area contributed by atoms with Crippen LogP contribution in [-0.2, 0) is 0 Å². The van der Waals surface area contributed by atoms with Gasteiger partial charge in [-0.05, 0) is 30.7 Å². The third-order valence-electron chi connectivity index (χ3n) is 3.32. The Morgan fingerprint density at radius 2 is 1.96 bits per heavy atom. The summed E-state index contributed by atoms with van der Waals surface area (Å²) in [6, 6.07) is 8.46. The fourth-order valence-electron chi connectivity index (χ4n) is 2.16. The minimum atomic E-state index is -3.20. The number of phenolic OH excluding ortho intramolecular Hbond substituents is 1. The van der Waals surface area contributed by atoms with Crippen molar-refractivity contribution in [1.29, 1.82) is 0 Å². The number of hydrogen-bond acceptors (Lipinski definition) is 5. The molecule has 0 heterocycles. The van der Waals surface area contributed by atoms with Crippen LogP contribution in [0, 0.1) is 5.82 Å². The van der Waals surface area contributed by atoms with Crippen molar-refractivity contribution in [3.8, 4) is 22.6 Å². The van der Waals surface area contributed by atoms with Crippen molar-refractivity contribution < 1.29 is 23.3 Å². The van der Waals surface area contributed by atoms with Gasteiger partial charge in [-0.3, -0.25) is 9.11 Å². The van der Waals surface area contributed by atoms with Crippen LogP contribution in [0.15, 0.2) is 41.3 Å². The standard InChI is InChI=1S/C16H20FNO4S/c1-3-9-18-23(20,21)11-7-8-12(14(19)10-11)16-13(17)5-4-6-15(16)22-2/h4-8,10,18-21H,3,9H2,1-2H3. The second-order valence-electron chi connectivity index (χ2n) is 4.94. The molecule has 0 amide bonds. The second-order valence-corrected chi connectivity index (χ2v) is 6.80. The summed E-state index contributed by atoms with van der Waals surface area (Å²) in [4.78, 5) is 0.141. The molecule has 0 unspecified atom stereocenters. The molecule has 0 radical (unpaired) electrons. The average molecular weight is 341 g/mol. The minimum absolute atomic E-state index is 0.122. The molecule has 2 rings (SSSR count).